The zero-order valence-electron chi connectivity index (χ0n) is 25.6. The zero-order valence-corrected chi connectivity index (χ0v) is 26.4. The summed E-state index contributed by atoms with van der Waals surface area (Å²) in [6.45, 7) is 5.42. The number of amides is 2. The number of hydrogen-bond acceptors (Lipinski definition) is 5. The van der Waals surface area contributed by atoms with E-state index in [-0.39, 0.29) is 23.4 Å². The normalized spacial score (nSPS) is 14.5. The maximum Gasteiger partial charge on any atom is 0.264 e. The van der Waals surface area contributed by atoms with Crippen LogP contribution in [0.15, 0.2) is 77.7 Å². The van der Waals surface area contributed by atoms with Crippen molar-refractivity contribution in [1.82, 2.24) is 10.2 Å². The van der Waals surface area contributed by atoms with Crippen LogP contribution in [0.1, 0.15) is 62.1 Å². The summed E-state index contributed by atoms with van der Waals surface area (Å²) in [7, 11) is -2.65. The number of sulfonamides is 1. The lowest BCUT2D eigenvalue weighted by molar-refractivity contribution is -0.140. The third-order valence-electron chi connectivity index (χ3n) is 8.17. The molecule has 230 valence electrons. The molecule has 1 fully saturated rings. The Morgan fingerprint density at radius 1 is 0.953 bits per heavy atom. The van der Waals surface area contributed by atoms with E-state index in [0.717, 1.165) is 53.1 Å². The number of anilines is 1. The molecule has 3 aromatic rings. The van der Waals surface area contributed by atoms with Crippen LogP contribution in [-0.4, -0.2) is 50.9 Å². The molecule has 3 aromatic carbocycles. The second-order valence-corrected chi connectivity index (χ2v) is 13.1. The highest BCUT2D eigenvalue weighted by Crippen LogP contribution is 2.28. The van der Waals surface area contributed by atoms with Gasteiger partial charge in [-0.25, -0.2) is 8.42 Å². The van der Waals surface area contributed by atoms with Gasteiger partial charge in [0.2, 0.25) is 11.8 Å². The Hall–Kier alpha value is -3.85. The van der Waals surface area contributed by atoms with Crippen LogP contribution in [0.4, 0.5) is 5.69 Å². The lowest BCUT2D eigenvalue weighted by atomic mass is 9.95. The topological polar surface area (TPSA) is 96.0 Å². The standard InChI is InChI=1S/C34H43N3O5S/c1-5-32(34(39)35-28-14-7-6-8-15-28)36(23-27-13-10-9-12-26(27)3)33(38)24-37(29-16-11-17-30(22-29)42-4)43(40,41)31-20-18-25(2)19-21-31/h9-13,16-22,28,32H,5-8,14-15,23-24H2,1-4H3,(H,35,39)/t32-/m1/s1. The minimum absolute atomic E-state index is 0.0706. The number of ether oxygens (including phenoxy) is 1. The van der Waals surface area contributed by atoms with Crippen LogP contribution in [-0.2, 0) is 26.2 Å². The fraction of sp³-hybridized carbons (Fsp3) is 0.412. The van der Waals surface area contributed by atoms with Crippen molar-refractivity contribution in [3.05, 3.63) is 89.5 Å². The van der Waals surface area contributed by atoms with Crippen molar-refractivity contribution in [3.8, 4) is 5.75 Å². The van der Waals surface area contributed by atoms with Crippen molar-refractivity contribution < 1.29 is 22.7 Å². The molecule has 0 saturated heterocycles. The van der Waals surface area contributed by atoms with Crippen molar-refractivity contribution in [2.24, 2.45) is 0 Å². The van der Waals surface area contributed by atoms with E-state index in [9.17, 15) is 18.0 Å². The van der Waals surface area contributed by atoms with E-state index in [2.05, 4.69) is 5.32 Å². The van der Waals surface area contributed by atoms with Crippen LogP contribution < -0.4 is 14.4 Å². The number of carbonyl (C=O) groups is 2. The molecule has 43 heavy (non-hydrogen) atoms. The van der Waals surface area contributed by atoms with E-state index in [1.165, 1.54) is 7.11 Å². The highest BCUT2D eigenvalue weighted by atomic mass is 32.2. The molecule has 9 heteroatoms. The number of aryl methyl sites for hydroxylation is 2. The Labute approximate surface area is 256 Å². The SMILES string of the molecule is CC[C@H](C(=O)NC1CCCCC1)N(Cc1ccccc1C)C(=O)CN(c1cccc(OC)c1)S(=O)(=O)c1ccc(C)cc1. The van der Waals surface area contributed by atoms with E-state index >= 15 is 0 Å². The molecule has 0 heterocycles. The molecule has 0 aliphatic heterocycles. The Morgan fingerprint density at radius 3 is 2.30 bits per heavy atom. The van der Waals surface area contributed by atoms with Gasteiger partial charge >= 0.3 is 0 Å². The molecule has 0 unspecified atom stereocenters. The monoisotopic (exact) mass is 605 g/mol. The van der Waals surface area contributed by atoms with Crippen LogP contribution in [0.25, 0.3) is 0 Å². The summed E-state index contributed by atoms with van der Waals surface area (Å²) in [5, 5.41) is 3.19. The molecule has 0 spiro atoms. The number of rotatable bonds is 12. The van der Waals surface area contributed by atoms with Crippen LogP contribution in [0.3, 0.4) is 0 Å². The fourth-order valence-electron chi connectivity index (χ4n) is 5.57. The lowest BCUT2D eigenvalue weighted by Gasteiger charge is -2.34. The first-order chi connectivity index (χ1) is 20.6. The van der Waals surface area contributed by atoms with Crippen LogP contribution >= 0.6 is 0 Å². The van der Waals surface area contributed by atoms with E-state index in [1.54, 1.807) is 53.4 Å². The van der Waals surface area contributed by atoms with Crippen LogP contribution in [0.5, 0.6) is 5.75 Å². The van der Waals surface area contributed by atoms with Crippen molar-refractivity contribution in [1.29, 1.82) is 0 Å². The lowest BCUT2D eigenvalue weighted by Crippen LogP contribution is -2.54. The fourth-order valence-corrected chi connectivity index (χ4v) is 6.97. The molecular weight excluding hydrogens is 562 g/mol. The van der Waals surface area contributed by atoms with Gasteiger partial charge in [-0.05, 0) is 68.5 Å². The number of methoxy groups -OCH3 is 1. The largest absolute Gasteiger partial charge is 0.497 e. The van der Waals surface area contributed by atoms with Crippen LogP contribution in [0.2, 0.25) is 0 Å². The van der Waals surface area contributed by atoms with Gasteiger partial charge in [0, 0.05) is 18.7 Å². The molecule has 1 N–H and O–H groups in total. The molecule has 8 nitrogen and oxygen atoms in total. The molecular formula is C34H43N3O5S. The zero-order chi connectivity index (χ0) is 31.0. The number of benzene rings is 3. The Morgan fingerprint density at radius 2 is 1.65 bits per heavy atom. The van der Waals surface area contributed by atoms with Gasteiger partial charge in [0.05, 0.1) is 17.7 Å². The maximum absolute atomic E-state index is 14.3. The van der Waals surface area contributed by atoms with Crippen molar-refractivity contribution in [3.63, 3.8) is 0 Å². The highest BCUT2D eigenvalue weighted by molar-refractivity contribution is 7.92. The molecule has 0 radical (unpaired) electrons. The maximum atomic E-state index is 14.3. The summed E-state index contributed by atoms with van der Waals surface area (Å²) in [6.07, 6.45) is 5.54. The number of nitrogens with zero attached hydrogens (tertiary/aromatic N) is 2. The summed E-state index contributed by atoms with van der Waals surface area (Å²) in [6, 6.07) is 20.2. The van der Waals surface area contributed by atoms with Gasteiger partial charge in [-0.15, -0.1) is 0 Å². The molecule has 0 aromatic heterocycles. The molecule has 4 rings (SSSR count). The molecule has 1 saturated carbocycles. The first-order valence-corrected chi connectivity index (χ1v) is 16.5. The van der Waals surface area contributed by atoms with E-state index in [4.69, 9.17) is 4.74 Å². The predicted molar refractivity (Wildman–Crippen MR) is 170 cm³/mol. The number of carbonyl (C=O) groups excluding carboxylic acids is 2. The summed E-state index contributed by atoms with van der Waals surface area (Å²) in [4.78, 5) is 29.6. The van der Waals surface area contributed by atoms with Gasteiger partial charge in [-0.3, -0.25) is 13.9 Å². The summed E-state index contributed by atoms with van der Waals surface area (Å²) in [5.41, 5.74) is 3.10. The van der Waals surface area contributed by atoms with E-state index < -0.39 is 28.5 Å². The Balaban J connectivity index is 1.73. The average Bonchev–Trinajstić information content (AvgIpc) is 3.01. The van der Waals surface area contributed by atoms with Crippen molar-refractivity contribution in [2.75, 3.05) is 18.0 Å². The smallest absolute Gasteiger partial charge is 0.264 e. The second-order valence-electron chi connectivity index (χ2n) is 11.2. The third kappa shape index (κ3) is 7.96. The van der Waals surface area contributed by atoms with Crippen molar-refractivity contribution >= 4 is 27.5 Å². The quantitative estimate of drug-likeness (QED) is 0.283. The Kier molecular flexibility index (Phi) is 10.9. The first kappa shape index (κ1) is 32.1. The van der Waals surface area contributed by atoms with E-state index in [1.807, 2.05) is 45.0 Å². The number of nitrogens with one attached hydrogen (secondary N) is 1. The first-order valence-electron chi connectivity index (χ1n) is 15.0. The average molecular weight is 606 g/mol. The molecule has 1 atom stereocenters. The molecule has 2 amide bonds. The minimum Gasteiger partial charge on any atom is -0.497 e. The number of hydrogen-bond donors (Lipinski definition) is 1. The summed E-state index contributed by atoms with van der Waals surface area (Å²) < 4.78 is 34.7. The summed E-state index contributed by atoms with van der Waals surface area (Å²) in [5.74, 6) is -0.206. The molecule has 0 bridgehead atoms. The van der Waals surface area contributed by atoms with Crippen molar-refractivity contribution in [2.45, 2.75) is 82.8 Å². The minimum atomic E-state index is -4.15. The predicted octanol–water partition coefficient (Wildman–Crippen LogP) is 5.76. The van der Waals surface area contributed by atoms with Gasteiger partial charge in [0.1, 0.15) is 18.3 Å². The van der Waals surface area contributed by atoms with E-state index in [0.29, 0.717) is 17.9 Å². The molecule has 1 aliphatic carbocycles. The van der Waals surface area contributed by atoms with Crippen LogP contribution in [0, 0.1) is 13.8 Å². The highest BCUT2D eigenvalue weighted by Gasteiger charge is 2.34. The Bertz CT molecular complexity index is 1500. The van der Waals surface area contributed by atoms with Gasteiger partial charge in [-0.2, -0.15) is 0 Å². The van der Waals surface area contributed by atoms with Gasteiger partial charge in [0.15, 0.2) is 0 Å². The van der Waals surface area contributed by atoms with Gasteiger partial charge in [-0.1, -0.05) is 74.2 Å². The molecule has 1 aliphatic rings. The third-order valence-corrected chi connectivity index (χ3v) is 9.96. The van der Waals surface area contributed by atoms with Gasteiger partial charge < -0.3 is 15.0 Å². The summed E-state index contributed by atoms with van der Waals surface area (Å²) >= 11 is 0. The van der Waals surface area contributed by atoms with Gasteiger partial charge in [0.25, 0.3) is 10.0 Å². The second kappa shape index (κ2) is 14.6.